The van der Waals surface area contributed by atoms with E-state index in [4.69, 9.17) is 0 Å². The molecule has 0 aromatic heterocycles. The lowest BCUT2D eigenvalue weighted by Crippen LogP contribution is -2.57. The number of piperazine rings is 1. The number of carbonyl (C=O) groups excluding carboxylic acids is 2. The van der Waals surface area contributed by atoms with E-state index in [1.807, 2.05) is 13.8 Å². The Labute approximate surface area is 171 Å². The molecule has 0 unspecified atom stereocenters. The molecule has 0 bridgehead atoms. The van der Waals surface area contributed by atoms with Gasteiger partial charge in [0.15, 0.2) is 0 Å². The van der Waals surface area contributed by atoms with Gasteiger partial charge < -0.3 is 10.2 Å². The normalized spacial score (nSPS) is 24.1. The maximum Gasteiger partial charge on any atom is 0.242 e. The SMILES string of the molecule is CC(C)NC1(C(=O)N2CCN(CC3CCN(CC(=O)C(C)C)CC3)CC2)CC1. The molecule has 0 atom stereocenters. The fourth-order valence-corrected chi connectivity index (χ4v) is 4.63. The minimum atomic E-state index is -0.253. The highest BCUT2D eigenvalue weighted by molar-refractivity contribution is 5.89. The molecule has 1 aliphatic carbocycles. The minimum Gasteiger partial charge on any atom is -0.339 e. The Morgan fingerprint density at radius 1 is 0.929 bits per heavy atom. The molecular weight excluding hydrogens is 352 g/mol. The first kappa shape index (κ1) is 21.7. The van der Waals surface area contributed by atoms with Crippen molar-refractivity contribution in [2.75, 3.05) is 52.4 Å². The van der Waals surface area contributed by atoms with E-state index in [2.05, 4.69) is 33.9 Å². The van der Waals surface area contributed by atoms with Crippen LogP contribution in [0.25, 0.3) is 0 Å². The molecule has 0 aromatic rings. The fraction of sp³-hybridized carbons (Fsp3) is 0.909. The third-order valence-corrected chi connectivity index (χ3v) is 6.63. The highest BCUT2D eigenvalue weighted by Gasteiger charge is 2.52. The van der Waals surface area contributed by atoms with Gasteiger partial charge >= 0.3 is 0 Å². The van der Waals surface area contributed by atoms with Crippen molar-refractivity contribution in [1.82, 2.24) is 20.0 Å². The predicted octanol–water partition coefficient (Wildman–Crippen LogP) is 1.60. The average molecular weight is 393 g/mol. The monoisotopic (exact) mass is 392 g/mol. The molecule has 3 rings (SSSR count). The van der Waals surface area contributed by atoms with E-state index >= 15 is 0 Å². The average Bonchev–Trinajstić information content (AvgIpc) is 3.43. The highest BCUT2D eigenvalue weighted by atomic mass is 16.2. The summed E-state index contributed by atoms with van der Waals surface area (Å²) in [5.74, 6) is 1.55. The second kappa shape index (κ2) is 9.23. The Kier molecular flexibility index (Phi) is 7.16. The molecule has 2 saturated heterocycles. The summed E-state index contributed by atoms with van der Waals surface area (Å²) >= 11 is 0. The number of rotatable bonds is 8. The zero-order chi connectivity index (χ0) is 20.3. The zero-order valence-electron chi connectivity index (χ0n) is 18.4. The summed E-state index contributed by atoms with van der Waals surface area (Å²) in [6.07, 6.45) is 4.35. The molecular formula is C22H40N4O2. The summed E-state index contributed by atoms with van der Waals surface area (Å²) < 4.78 is 0. The van der Waals surface area contributed by atoms with Gasteiger partial charge in [-0.1, -0.05) is 13.8 Å². The van der Waals surface area contributed by atoms with Crippen LogP contribution in [0.5, 0.6) is 0 Å². The first-order valence-corrected chi connectivity index (χ1v) is 11.3. The maximum absolute atomic E-state index is 12.9. The third kappa shape index (κ3) is 5.55. The number of piperidine rings is 1. The molecule has 2 heterocycles. The Morgan fingerprint density at radius 3 is 2.04 bits per heavy atom. The number of likely N-dealkylation sites (tertiary alicyclic amines) is 1. The fourth-order valence-electron chi connectivity index (χ4n) is 4.63. The van der Waals surface area contributed by atoms with Gasteiger partial charge in [0.25, 0.3) is 0 Å². The molecule has 3 fully saturated rings. The third-order valence-electron chi connectivity index (χ3n) is 6.63. The second-order valence-electron chi connectivity index (χ2n) is 9.81. The summed E-state index contributed by atoms with van der Waals surface area (Å²) in [5.41, 5.74) is -0.253. The lowest BCUT2D eigenvalue weighted by molar-refractivity contribution is -0.136. The summed E-state index contributed by atoms with van der Waals surface area (Å²) in [5, 5.41) is 3.50. The van der Waals surface area contributed by atoms with E-state index in [1.54, 1.807) is 0 Å². The molecule has 2 aliphatic heterocycles. The molecule has 1 N–H and O–H groups in total. The van der Waals surface area contributed by atoms with E-state index in [0.717, 1.165) is 64.6 Å². The van der Waals surface area contributed by atoms with Crippen molar-refractivity contribution in [3.05, 3.63) is 0 Å². The van der Waals surface area contributed by atoms with E-state index < -0.39 is 0 Å². The molecule has 1 amide bonds. The maximum atomic E-state index is 12.9. The van der Waals surface area contributed by atoms with E-state index in [-0.39, 0.29) is 11.5 Å². The van der Waals surface area contributed by atoms with Gasteiger partial charge in [-0.25, -0.2) is 0 Å². The summed E-state index contributed by atoms with van der Waals surface area (Å²) in [6.45, 7) is 15.8. The second-order valence-corrected chi connectivity index (χ2v) is 9.81. The molecule has 0 aromatic carbocycles. The van der Waals surface area contributed by atoms with Gasteiger partial charge in [0.05, 0.1) is 12.1 Å². The van der Waals surface area contributed by atoms with Gasteiger partial charge in [0, 0.05) is 44.7 Å². The van der Waals surface area contributed by atoms with Crippen LogP contribution in [-0.4, -0.2) is 90.3 Å². The Hall–Kier alpha value is -0.980. The molecule has 160 valence electrons. The van der Waals surface area contributed by atoms with Crippen LogP contribution >= 0.6 is 0 Å². The number of nitrogens with zero attached hydrogens (tertiary/aromatic N) is 3. The van der Waals surface area contributed by atoms with Crippen LogP contribution in [0.3, 0.4) is 0 Å². The number of carbonyl (C=O) groups is 2. The standard InChI is InChI=1S/C22H40N4O2/c1-17(2)20(27)16-24-9-5-19(6-10-24)15-25-11-13-26(14-12-25)21(28)22(7-8-22)23-18(3)4/h17-19,23H,5-16H2,1-4H3. The Bertz CT molecular complexity index is 543. The van der Waals surface area contributed by atoms with E-state index in [0.29, 0.717) is 24.3 Å². The smallest absolute Gasteiger partial charge is 0.242 e. The Balaban J connectivity index is 1.36. The molecule has 6 nitrogen and oxygen atoms in total. The number of Topliss-reactive ketones (excluding diaryl/α,β-unsaturated/α-hetero) is 1. The van der Waals surface area contributed by atoms with Gasteiger partial charge in [0.1, 0.15) is 5.78 Å². The predicted molar refractivity (Wildman–Crippen MR) is 112 cm³/mol. The number of hydrogen-bond donors (Lipinski definition) is 1. The van der Waals surface area contributed by atoms with Crippen LogP contribution in [-0.2, 0) is 9.59 Å². The molecule has 0 spiro atoms. The van der Waals surface area contributed by atoms with Crippen LogP contribution in [0.1, 0.15) is 53.4 Å². The van der Waals surface area contributed by atoms with Gasteiger partial charge in [-0.05, 0) is 58.5 Å². The van der Waals surface area contributed by atoms with Crippen LogP contribution < -0.4 is 5.32 Å². The van der Waals surface area contributed by atoms with Gasteiger partial charge in [-0.15, -0.1) is 0 Å². The number of ketones is 1. The molecule has 1 saturated carbocycles. The number of nitrogens with one attached hydrogen (secondary N) is 1. The highest BCUT2D eigenvalue weighted by Crippen LogP contribution is 2.38. The van der Waals surface area contributed by atoms with Crippen molar-refractivity contribution in [3.8, 4) is 0 Å². The first-order chi connectivity index (χ1) is 13.3. The van der Waals surface area contributed by atoms with Crippen molar-refractivity contribution in [1.29, 1.82) is 0 Å². The van der Waals surface area contributed by atoms with Crippen molar-refractivity contribution in [3.63, 3.8) is 0 Å². The lowest BCUT2D eigenvalue weighted by Gasteiger charge is -2.40. The van der Waals surface area contributed by atoms with Crippen molar-refractivity contribution < 1.29 is 9.59 Å². The number of amides is 1. The zero-order valence-corrected chi connectivity index (χ0v) is 18.4. The van der Waals surface area contributed by atoms with Crippen molar-refractivity contribution in [2.45, 2.75) is 65.0 Å². The topological polar surface area (TPSA) is 55.9 Å². The quantitative estimate of drug-likeness (QED) is 0.680. The summed E-state index contributed by atoms with van der Waals surface area (Å²) in [6, 6.07) is 0.356. The first-order valence-electron chi connectivity index (χ1n) is 11.3. The van der Waals surface area contributed by atoms with Crippen LogP contribution in [0.2, 0.25) is 0 Å². The molecule has 3 aliphatic rings. The van der Waals surface area contributed by atoms with Crippen molar-refractivity contribution in [2.24, 2.45) is 11.8 Å². The largest absolute Gasteiger partial charge is 0.339 e. The van der Waals surface area contributed by atoms with Crippen molar-refractivity contribution >= 4 is 11.7 Å². The Morgan fingerprint density at radius 2 is 1.54 bits per heavy atom. The number of hydrogen-bond acceptors (Lipinski definition) is 5. The minimum absolute atomic E-state index is 0.141. The van der Waals surface area contributed by atoms with Crippen LogP contribution in [0.15, 0.2) is 0 Å². The molecule has 6 heteroatoms. The van der Waals surface area contributed by atoms with Crippen LogP contribution in [0, 0.1) is 11.8 Å². The van der Waals surface area contributed by atoms with Gasteiger partial charge in [0.2, 0.25) is 5.91 Å². The van der Waals surface area contributed by atoms with E-state index in [9.17, 15) is 9.59 Å². The lowest BCUT2D eigenvalue weighted by atomic mass is 9.95. The molecule has 28 heavy (non-hydrogen) atoms. The summed E-state index contributed by atoms with van der Waals surface area (Å²) in [7, 11) is 0. The van der Waals surface area contributed by atoms with E-state index in [1.165, 1.54) is 12.8 Å². The summed E-state index contributed by atoms with van der Waals surface area (Å²) in [4.78, 5) is 31.8. The van der Waals surface area contributed by atoms with Gasteiger partial charge in [-0.3, -0.25) is 19.4 Å². The van der Waals surface area contributed by atoms with Gasteiger partial charge in [-0.2, -0.15) is 0 Å². The van der Waals surface area contributed by atoms with Crippen LogP contribution in [0.4, 0.5) is 0 Å². The molecule has 0 radical (unpaired) electrons.